The van der Waals surface area contributed by atoms with Crippen molar-refractivity contribution in [1.29, 1.82) is 0 Å². The van der Waals surface area contributed by atoms with Crippen molar-refractivity contribution in [3.63, 3.8) is 0 Å². The van der Waals surface area contributed by atoms with E-state index >= 15 is 0 Å². The van der Waals surface area contributed by atoms with Crippen molar-refractivity contribution in [2.24, 2.45) is 0 Å². The number of rotatable bonds is 8. The van der Waals surface area contributed by atoms with Gasteiger partial charge >= 0.3 is 0 Å². The molecule has 3 aromatic rings. The van der Waals surface area contributed by atoms with E-state index < -0.39 is 17.6 Å². The zero-order valence-corrected chi connectivity index (χ0v) is 18.9. The molecule has 4 rings (SSSR count). The third-order valence-corrected chi connectivity index (χ3v) is 5.28. The van der Waals surface area contributed by atoms with Crippen LogP contribution >= 0.6 is 0 Å². The van der Waals surface area contributed by atoms with E-state index in [9.17, 15) is 14.0 Å². The van der Waals surface area contributed by atoms with Gasteiger partial charge in [-0.15, -0.1) is 0 Å². The molecule has 0 aliphatic carbocycles. The van der Waals surface area contributed by atoms with Crippen LogP contribution < -0.4 is 24.4 Å². The predicted octanol–water partition coefficient (Wildman–Crippen LogP) is 4.64. The fourth-order valence-electron chi connectivity index (χ4n) is 3.70. The smallest absolute Gasteiger partial charge is 0.282 e. The van der Waals surface area contributed by atoms with Crippen LogP contribution in [0.4, 0.5) is 15.8 Å². The molecule has 1 aliphatic rings. The molecule has 174 valence electrons. The summed E-state index contributed by atoms with van der Waals surface area (Å²) >= 11 is 0. The minimum atomic E-state index is -0.682. The van der Waals surface area contributed by atoms with Gasteiger partial charge in [0.05, 0.1) is 32.1 Å². The molecule has 2 amide bonds. The lowest BCUT2D eigenvalue weighted by atomic mass is 10.0. The third-order valence-electron chi connectivity index (χ3n) is 5.28. The van der Waals surface area contributed by atoms with Crippen LogP contribution in [0.25, 0.3) is 5.57 Å². The number of hydrogen-bond acceptors (Lipinski definition) is 6. The normalized spacial score (nSPS) is 13.4. The van der Waals surface area contributed by atoms with E-state index in [1.807, 2.05) is 6.92 Å². The number of hydrogen-bond donors (Lipinski definition) is 1. The summed E-state index contributed by atoms with van der Waals surface area (Å²) in [6.45, 7) is 2.40. The summed E-state index contributed by atoms with van der Waals surface area (Å²) in [5.41, 5.74) is 0.961. The molecule has 0 aromatic heterocycles. The Morgan fingerprint density at radius 3 is 2.24 bits per heavy atom. The monoisotopic (exact) mass is 462 g/mol. The Bertz CT molecular complexity index is 1270. The zero-order valence-electron chi connectivity index (χ0n) is 18.9. The van der Waals surface area contributed by atoms with Gasteiger partial charge in [0.2, 0.25) is 0 Å². The Labute approximate surface area is 196 Å². The van der Waals surface area contributed by atoms with Crippen molar-refractivity contribution in [3.8, 4) is 17.2 Å². The molecule has 34 heavy (non-hydrogen) atoms. The van der Waals surface area contributed by atoms with E-state index in [0.29, 0.717) is 35.1 Å². The summed E-state index contributed by atoms with van der Waals surface area (Å²) in [5, 5.41) is 3.04. The molecule has 0 atom stereocenters. The van der Waals surface area contributed by atoms with E-state index in [0.717, 1.165) is 4.90 Å². The summed E-state index contributed by atoms with van der Waals surface area (Å²) in [4.78, 5) is 27.8. The fraction of sp³-hybridized carbons (Fsp3) is 0.154. The van der Waals surface area contributed by atoms with Gasteiger partial charge < -0.3 is 19.5 Å². The van der Waals surface area contributed by atoms with Crippen molar-refractivity contribution < 1.29 is 28.2 Å². The number of nitrogens with zero attached hydrogens (tertiary/aromatic N) is 1. The summed E-state index contributed by atoms with van der Waals surface area (Å²) in [5.74, 6) is -0.486. The summed E-state index contributed by atoms with van der Waals surface area (Å²) in [6.07, 6.45) is 0. The first kappa shape index (κ1) is 22.8. The number of halogens is 1. The van der Waals surface area contributed by atoms with Gasteiger partial charge in [0, 0.05) is 5.69 Å². The maximum absolute atomic E-state index is 14.6. The van der Waals surface area contributed by atoms with Crippen LogP contribution in [-0.2, 0) is 9.59 Å². The number of benzene rings is 3. The molecule has 0 spiro atoms. The van der Waals surface area contributed by atoms with E-state index in [4.69, 9.17) is 14.2 Å². The number of methoxy groups -OCH3 is 2. The quantitative estimate of drug-likeness (QED) is 0.492. The lowest BCUT2D eigenvalue weighted by Gasteiger charge is -2.16. The lowest BCUT2D eigenvalue weighted by molar-refractivity contribution is -0.120. The minimum Gasteiger partial charge on any atom is -0.494 e. The number of amides is 2. The number of nitrogens with one attached hydrogen (secondary N) is 1. The molecule has 0 fully saturated rings. The first-order valence-electron chi connectivity index (χ1n) is 10.6. The SMILES string of the molecule is CCOc1ccc(NC2=C(c3ccc(OC)c(OC)c3)C(=O)N(c3ccccc3F)C2=O)cc1. The average molecular weight is 462 g/mol. The van der Waals surface area contributed by atoms with E-state index in [1.165, 1.54) is 32.4 Å². The van der Waals surface area contributed by atoms with Crippen molar-refractivity contribution >= 4 is 28.8 Å². The van der Waals surface area contributed by atoms with Gasteiger partial charge in [-0.25, -0.2) is 9.29 Å². The molecule has 7 nitrogen and oxygen atoms in total. The highest BCUT2D eigenvalue weighted by Crippen LogP contribution is 2.38. The highest BCUT2D eigenvalue weighted by molar-refractivity contribution is 6.46. The van der Waals surface area contributed by atoms with Gasteiger partial charge in [0.15, 0.2) is 11.5 Å². The maximum Gasteiger partial charge on any atom is 0.282 e. The average Bonchev–Trinajstić information content (AvgIpc) is 3.09. The molecule has 1 N–H and O–H groups in total. The minimum absolute atomic E-state index is 0.0182. The van der Waals surface area contributed by atoms with Crippen molar-refractivity contribution in [1.82, 2.24) is 0 Å². The van der Waals surface area contributed by atoms with Crippen LogP contribution in [0.2, 0.25) is 0 Å². The van der Waals surface area contributed by atoms with E-state index in [1.54, 1.807) is 48.5 Å². The number of carbonyl (C=O) groups excluding carboxylic acids is 2. The van der Waals surface area contributed by atoms with Crippen LogP contribution in [0.5, 0.6) is 17.2 Å². The van der Waals surface area contributed by atoms with Gasteiger partial charge in [0.1, 0.15) is 17.3 Å². The van der Waals surface area contributed by atoms with Crippen molar-refractivity contribution in [3.05, 3.63) is 83.8 Å². The van der Waals surface area contributed by atoms with Gasteiger partial charge in [0.25, 0.3) is 11.8 Å². The molecule has 8 heteroatoms. The van der Waals surface area contributed by atoms with Crippen LogP contribution in [0.1, 0.15) is 12.5 Å². The van der Waals surface area contributed by atoms with Crippen molar-refractivity contribution in [2.75, 3.05) is 31.0 Å². The molecule has 0 unspecified atom stereocenters. The Kier molecular flexibility index (Phi) is 6.49. The number of para-hydroxylation sites is 1. The molecule has 1 heterocycles. The highest BCUT2D eigenvalue weighted by atomic mass is 19.1. The molecule has 1 aliphatic heterocycles. The van der Waals surface area contributed by atoms with Gasteiger partial charge in [-0.1, -0.05) is 18.2 Å². The summed E-state index contributed by atoms with van der Waals surface area (Å²) in [7, 11) is 2.97. The zero-order chi connectivity index (χ0) is 24.2. The van der Waals surface area contributed by atoms with Crippen LogP contribution in [0, 0.1) is 5.82 Å². The second kappa shape index (κ2) is 9.66. The Morgan fingerprint density at radius 2 is 1.59 bits per heavy atom. The highest BCUT2D eigenvalue weighted by Gasteiger charge is 2.41. The second-order valence-electron chi connectivity index (χ2n) is 7.30. The van der Waals surface area contributed by atoms with E-state index in [-0.39, 0.29) is 17.0 Å². The van der Waals surface area contributed by atoms with E-state index in [2.05, 4.69) is 5.32 Å². The van der Waals surface area contributed by atoms with Gasteiger partial charge in [-0.3, -0.25) is 9.59 Å². The Morgan fingerprint density at radius 1 is 0.882 bits per heavy atom. The molecule has 0 saturated carbocycles. The molecule has 0 radical (unpaired) electrons. The Balaban J connectivity index is 1.82. The lowest BCUT2D eigenvalue weighted by Crippen LogP contribution is -2.33. The fourth-order valence-corrected chi connectivity index (χ4v) is 3.70. The van der Waals surface area contributed by atoms with Gasteiger partial charge in [-0.2, -0.15) is 0 Å². The molecular formula is C26H23FN2O5. The first-order chi connectivity index (χ1) is 16.5. The number of anilines is 2. The Hall–Kier alpha value is -4.33. The topological polar surface area (TPSA) is 77.1 Å². The third kappa shape index (κ3) is 4.17. The largest absolute Gasteiger partial charge is 0.494 e. The standard InChI is InChI=1S/C26H23FN2O5/c1-4-34-18-12-10-17(11-13-18)28-24-23(16-9-14-21(32-2)22(15-16)33-3)25(30)29(26(24)31)20-8-6-5-7-19(20)27/h5-15,28H,4H2,1-3H3. The number of imide groups is 1. The number of ether oxygens (including phenoxy) is 3. The molecule has 0 bridgehead atoms. The van der Waals surface area contributed by atoms with Gasteiger partial charge in [-0.05, 0) is 61.0 Å². The summed E-state index contributed by atoms with van der Waals surface area (Å²) in [6, 6.07) is 17.5. The van der Waals surface area contributed by atoms with Crippen molar-refractivity contribution in [2.45, 2.75) is 6.92 Å². The predicted molar refractivity (Wildman–Crippen MR) is 127 cm³/mol. The molecule has 3 aromatic carbocycles. The number of carbonyl (C=O) groups is 2. The first-order valence-corrected chi connectivity index (χ1v) is 10.6. The molecule has 0 saturated heterocycles. The van der Waals surface area contributed by atoms with Crippen LogP contribution in [0.3, 0.4) is 0 Å². The maximum atomic E-state index is 14.6. The second-order valence-corrected chi connectivity index (χ2v) is 7.30. The molecular weight excluding hydrogens is 439 g/mol. The summed E-state index contributed by atoms with van der Waals surface area (Å²) < 4.78 is 30.7. The van der Waals surface area contributed by atoms with Crippen LogP contribution in [-0.4, -0.2) is 32.6 Å². The van der Waals surface area contributed by atoms with Crippen LogP contribution in [0.15, 0.2) is 72.4 Å².